The first-order valence-electron chi connectivity index (χ1n) is 5.51. The molecule has 0 amide bonds. The Bertz CT molecular complexity index is 528. The lowest BCUT2D eigenvalue weighted by atomic mass is 10.2. The summed E-state index contributed by atoms with van der Waals surface area (Å²) in [5.41, 5.74) is 1.87. The van der Waals surface area contributed by atoms with Crippen LogP contribution in [0.2, 0.25) is 0 Å². The van der Waals surface area contributed by atoms with Crippen molar-refractivity contribution in [3.63, 3.8) is 0 Å². The molecule has 0 atom stereocenters. The molecule has 0 heterocycles. The highest BCUT2D eigenvalue weighted by Crippen LogP contribution is 2.21. The summed E-state index contributed by atoms with van der Waals surface area (Å²) in [6.45, 7) is 0.652. The Balaban J connectivity index is 2.02. The van der Waals surface area contributed by atoms with Gasteiger partial charge >= 0.3 is 0 Å². The van der Waals surface area contributed by atoms with Crippen molar-refractivity contribution in [2.75, 3.05) is 12.4 Å². The molecule has 1 N–H and O–H groups in total. The predicted molar refractivity (Wildman–Crippen MR) is 74.4 cm³/mol. The van der Waals surface area contributed by atoms with Gasteiger partial charge in [0.1, 0.15) is 0 Å². The summed E-state index contributed by atoms with van der Waals surface area (Å²) in [5, 5.41) is 3.16. The fourth-order valence-electron chi connectivity index (χ4n) is 1.58. The van der Waals surface area contributed by atoms with Gasteiger partial charge < -0.3 is 10.1 Å². The van der Waals surface area contributed by atoms with Gasteiger partial charge in [0.15, 0.2) is 11.6 Å². The number of nitrogens with one attached hydrogen (secondary N) is 1. The molecular weight excluding hydrogens is 297 g/mol. The van der Waals surface area contributed by atoms with Gasteiger partial charge in [0, 0.05) is 22.8 Å². The molecule has 0 fully saturated rings. The summed E-state index contributed by atoms with van der Waals surface area (Å²) in [7, 11) is 1.45. The molecule has 2 nitrogen and oxygen atoms in total. The van der Waals surface area contributed by atoms with Crippen molar-refractivity contribution in [3.8, 4) is 5.75 Å². The molecule has 2 aromatic carbocycles. The molecule has 94 valence electrons. The number of ether oxygens (including phenoxy) is 1. The van der Waals surface area contributed by atoms with E-state index in [2.05, 4.69) is 21.2 Å². The number of halogens is 2. The maximum atomic E-state index is 13.5. The molecule has 0 saturated carbocycles. The summed E-state index contributed by atoms with van der Waals surface area (Å²) >= 11 is 3.38. The molecule has 0 aliphatic heterocycles. The highest BCUT2D eigenvalue weighted by Gasteiger charge is 2.03. The van der Waals surface area contributed by atoms with Crippen LogP contribution in [-0.4, -0.2) is 7.11 Å². The Labute approximate surface area is 114 Å². The second-order valence-electron chi connectivity index (χ2n) is 3.83. The normalized spacial score (nSPS) is 10.2. The molecule has 0 bridgehead atoms. The molecule has 2 aromatic rings. The van der Waals surface area contributed by atoms with Crippen molar-refractivity contribution in [1.29, 1.82) is 0 Å². The first kappa shape index (κ1) is 12.9. The van der Waals surface area contributed by atoms with E-state index in [1.54, 1.807) is 12.1 Å². The third-order valence-electron chi connectivity index (χ3n) is 2.56. The first-order valence-corrected chi connectivity index (χ1v) is 6.30. The lowest BCUT2D eigenvalue weighted by Gasteiger charge is -2.08. The van der Waals surface area contributed by atoms with Crippen LogP contribution in [-0.2, 0) is 6.54 Å². The summed E-state index contributed by atoms with van der Waals surface area (Å²) < 4.78 is 19.4. The van der Waals surface area contributed by atoms with E-state index in [9.17, 15) is 4.39 Å². The third-order valence-corrected chi connectivity index (χ3v) is 3.09. The van der Waals surface area contributed by atoms with Gasteiger partial charge in [-0.05, 0) is 29.8 Å². The molecule has 0 aromatic heterocycles. The van der Waals surface area contributed by atoms with E-state index >= 15 is 0 Å². The molecule has 0 unspecified atom stereocenters. The Morgan fingerprint density at radius 3 is 2.50 bits per heavy atom. The van der Waals surface area contributed by atoms with Crippen LogP contribution in [0.15, 0.2) is 46.9 Å². The smallest absolute Gasteiger partial charge is 0.167 e. The van der Waals surface area contributed by atoms with Gasteiger partial charge in [0.25, 0.3) is 0 Å². The van der Waals surface area contributed by atoms with Crippen LogP contribution in [0.4, 0.5) is 10.1 Å². The van der Waals surface area contributed by atoms with Crippen LogP contribution in [0.5, 0.6) is 5.75 Å². The minimum Gasteiger partial charge on any atom is -0.494 e. The summed E-state index contributed by atoms with van der Waals surface area (Å²) in [6.07, 6.45) is 0. The zero-order valence-electron chi connectivity index (χ0n) is 9.91. The molecule has 2 rings (SSSR count). The summed E-state index contributed by atoms with van der Waals surface area (Å²) in [4.78, 5) is 0. The molecule has 0 spiro atoms. The van der Waals surface area contributed by atoms with Crippen LogP contribution in [0, 0.1) is 5.82 Å². The van der Waals surface area contributed by atoms with E-state index in [0.29, 0.717) is 6.54 Å². The van der Waals surface area contributed by atoms with E-state index in [0.717, 1.165) is 15.7 Å². The zero-order valence-corrected chi connectivity index (χ0v) is 11.5. The number of benzene rings is 2. The van der Waals surface area contributed by atoms with Crippen molar-refractivity contribution in [2.45, 2.75) is 6.54 Å². The summed E-state index contributed by atoms with van der Waals surface area (Å²) in [6, 6.07) is 12.8. The predicted octanol–water partition coefficient (Wildman–Crippen LogP) is 4.21. The van der Waals surface area contributed by atoms with Crippen LogP contribution in [0.1, 0.15) is 5.56 Å². The van der Waals surface area contributed by atoms with Crippen LogP contribution >= 0.6 is 15.9 Å². The van der Waals surface area contributed by atoms with E-state index < -0.39 is 0 Å². The van der Waals surface area contributed by atoms with Gasteiger partial charge in [-0.2, -0.15) is 0 Å². The molecule has 4 heteroatoms. The van der Waals surface area contributed by atoms with Crippen molar-refractivity contribution < 1.29 is 9.13 Å². The highest BCUT2D eigenvalue weighted by atomic mass is 79.9. The standard InChI is InChI=1S/C14H13BrFNO/c1-18-14-7-6-12(8-13(14)16)17-9-10-2-4-11(15)5-3-10/h2-8,17H,9H2,1H3. The minimum absolute atomic E-state index is 0.254. The largest absolute Gasteiger partial charge is 0.494 e. The summed E-state index contributed by atoms with van der Waals surface area (Å²) in [5.74, 6) is -0.109. The zero-order chi connectivity index (χ0) is 13.0. The quantitative estimate of drug-likeness (QED) is 0.913. The number of rotatable bonds is 4. The monoisotopic (exact) mass is 309 g/mol. The Hall–Kier alpha value is -1.55. The number of anilines is 1. The van der Waals surface area contributed by atoms with Crippen molar-refractivity contribution >= 4 is 21.6 Å². The fourth-order valence-corrected chi connectivity index (χ4v) is 1.85. The maximum Gasteiger partial charge on any atom is 0.167 e. The van der Waals surface area contributed by atoms with Crippen molar-refractivity contribution in [2.24, 2.45) is 0 Å². The lowest BCUT2D eigenvalue weighted by Crippen LogP contribution is -2.00. The molecule has 0 aliphatic rings. The number of hydrogen-bond donors (Lipinski definition) is 1. The van der Waals surface area contributed by atoms with Gasteiger partial charge in [0.05, 0.1) is 7.11 Å². The van der Waals surface area contributed by atoms with E-state index in [1.165, 1.54) is 13.2 Å². The van der Waals surface area contributed by atoms with E-state index in [4.69, 9.17) is 4.74 Å². The van der Waals surface area contributed by atoms with Gasteiger partial charge in [-0.25, -0.2) is 4.39 Å². The molecule has 0 aliphatic carbocycles. The fraction of sp³-hybridized carbons (Fsp3) is 0.143. The van der Waals surface area contributed by atoms with E-state index in [1.807, 2.05) is 24.3 Å². The second kappa shape index (κ2) is 5.87. The lowest BCUT2D eigenvalue weighted by molar-refractivity contribution is 0.386. The van der Waals surface area contributed by atoms with Crippen LogP contribution < -0.4 is 10.1 Å². The Morgan fingerprint density at radius 2 is 1.89 bits per heavy atom. The SMILES string of the molecule is COc1ccc(NCc2ccc(Br)cc2)cc1F. The van der Waals surface area contributed by atoms with Crippen molar-refractivity contribution in [3.05, 3.63) is 58.3 Å². The molecular formula is C14H13BrFNO. The Morgan fingerprint density at radius 1 is 1.17 bits per heavy atom. The maximum absolute atomic E-state index is 13.5. The number of hydrogen-bond acceptors (Lipinski definition) is 2. The average molecular weight is 310 g/mol. The van der Waals surface area contributed by atoms with Gasteiger partial charge in [0.2, 0.25) is 0 Å². The average Bonchev–Trinajstić information content (AvgIpc) is 2.38. The third kappa shape index (κ3) is 3.23. The molecule has 0 radical (unpaired) electrons. The first-order chi connectivity index (χ1) is 8.69. The second-order valence-corrected chi connectivity index (χ2v) is 4.75. The van der Waals surface area contributed by atoms with Crippen LogP contribution in [0.25, 0.3) is 0 Å². The van der Waals surface area contributed by atoms with Crippen molar-refractivity contribution in [1.82, 2.24) is 0 Å². The molecule has 18 heavy (non-hydrogen) atoms. The van der Waals surface area contributed by atoms with E-state index in [-0.39, 0.29) is 11.6 Å². The number of methoxy groups -OCH3 is 1. The van der Waals surface area contributed by atoms with Gasteiger partial charge in [-0.1, -0.05) is 28.1 Å². The van der Waals surface area contributed by atoms with Gasteiger partial charge in [-0.15, -0.1) is 0 Å². The minimum atomic E-state index is -0.363. The highest BCUT2D eigenvalue weighted by molar-refractivity contribution is 9.10. The van der Waals surface area contributed by atoms with Gasteiger partial charge in [-0.3, -0.25) is 0 Å². The van der Waals surface area contributed by atoms with Crippen LogP contribution in [0.3, 0.4) is 0 Å². The molecule has 0 saturated heterocycles. The Kier molecular flexibility index (Phi) is 4.20. The topological polar surface area (TPSA) is 21.3 Å².